The number of hydrogen-bond acceptors (Lipinski definition) is 4. The summed E-state index contributed by atoms with van der Waals surface area (Å²) in [5, 5.41) is 8.70. The summed E-state index contributed by atoms with van der Waals surface area (Å²) in [6, 6.07) is 0. The van der Waals surface area contributed by atoms with Crippen molar-refractivity contribution >= 4 is 12.0 Å². The van der Waals surface area contributed by atoms with E-state index >= 15 is 0 Å². The van der Waals surface area contributed by atoms with Crippen molar-refractivity contribution in [2.24, 2.45) is 0 Å². The van der Waals surface area contributed by atoms with E-state index in [1.807, 2.05) is 0 Å². The topological polar surface area (TPSA) is 78.9 Å². The van der Waals surface area contributed by atoms with Gasteiger partial charge in [0.05, 0.1) is 0 Å². The first-order valence-corrected chi connectivity index (χ1v) is 5.37. The minimum absolute atomic E-state index is 0.457. The molecule has 6 nitrogen and oxygen atoms in total. The molecule has 6 heteroatoms. The van der Waals surface area contributed by atoms with E-state index in [0.29, 0.717) is 12.8 Å². The van der Waals surface area contributed by atoms with Crippen molar-refractivity contribution in [1.82, 2.24) is 10.4 Å². The van der Waals surface area contributed by atoms with E-state index in [1.54, 1.807) is 19.6 Å². The third-order valence-electron chi connectivity index (χ3n) is 2.82. The van der Waals surface area contributed by atoms with Gasteiger partial charge in [-0.2, -0.15) is 0 Å². The van der Waals surface area contributed by atoms with Crippen LogP contribution in [0, 0.1) is 0 Å². The number of hydrogen-bond donors (Lipinski definition) is 2. The predicted octanol–water partition coefficient (Wildman–Crippen LogP) is 0.893. The minimum atomic E-state index is -1.20. The molecule has 0 unspecified atom stereocenters. The zero-order valence-electron chi connectivity index (χ0n) is 9.65. The first kappa shape index (κ1) is 12.8. The summed E-state index contributed by atoms with van der Waals surface area (Å²) in [7, 11) is 3.10. The number of carbonyl (C=O) groups excluding carboxylic acids is 2. The van der Waals surface area contributed by atoms with Gasteiger partial charge in [-0.1, -0.05) is 6.42 Å². The van der Waals surface area contributed by atoms with Gasteiger partial charge >= 0.3 is 6.09 Å². The fraction of sp³-hybridized carbons (Fsp3) is 0.800. The second kappa shape index (κ2) is 5.16. The van der Waals surface area contributed by atoms with E-state index < -0.39 is 17.6 Å². The van der Waals surface area contributed by atoms with Crippen LogP contribution in [0.2, 0.25) is 0 Å². The maximum absolute atomic E-state index is 11.6. The number of nitrogens with zero attached hydrogens (tertiary/aromatic N) is 1. The molecular weight excluding hydrogens is 212 g/mol. The maximum Gasteiger partial charge on any atom is 0.410 e. The van der Waals surface area contributed by atoms with Crippen LogP contribution in [0.1, 0.15) is 32.1 Å². The van der Waals surface area contributed by atoms with Crippen molar-refractivity contribution in [3.05, 3.63) is 0 Å². The zero-order valence-corrected chi connectivity index (χ0v) is 9.65. The molecule has 0 aromatic heterocycles. The number of carbonyl (C=O) groups is 2. The van der Waals surface area contributed by atoms with Gasteiger partial charge in [-0.05, 0) is 25.7 Å². The van der Waals surface area contributed by atoms with Crippen LogP contribution in [0.5, 0.6) is 0 Å². The highest BCUT2D eigenvalue weighted by molar-refractivity contribution is 5.86. The molecule has 0 aliphatic heterocycles. The maximum atomic E-state index is 11.6. The molecule has 1 saturated carbocycles. The number of amides is 2. The van der Waals surface area contributed by atoms with Crippen molar-refractivity contribution in [2.75, 3.05) is 14.1 Å². The van der Waals surface area contributed by atoms with Crippen LogP contribution in [0.3, 0.4) is 0 Å². The van der Waals surface area contributed by atoms with Crippen LogP contribution in [0.25, 0.3) is 0 Å². The molecule has 1 fully saturated rings. The fourth-order valence-corrected chi connectivity index (χ4v) is 1.86. The Labute approximate surface area is 94.5 Å². The lowest BCUT2D eigenvalue weighted by molar-refractivity contribution is -0.153. The smallest absolute Gasteiger partial charge is 0.410 e. The molecule has 16 heavy (non-hydrogen) atoms. The fourth-order valence-electron chi connectivity index (χ4n) is 1.86. The minimum Gasteiger partial charge on any atom is -0.433 e. The summed E-state index contributed by atoms with van der Waals surface area (Å²) in [4.78, 5) is 24.3. The quantitative estimate of drug-likeness (QED) is 0.545. The first-order chi connectivity index (χ1) is 7.52. The Morgan fingerprint density at radius 2 is 1.81 bits per heavy atom. The second-order valence-electron chi connectivity index (χ2n) is 4.26. The molecule has 2 N–H and O–H groups in total. The largest absolute Gasteiger partial charge is 0.433 e. The molecule has 0 aromatic rings. The average Bonchev–Trinajstić information content (AvgIpc) is 2.29. The van der Waals surface area contributed by atoms with Crippen LogP contribution in [0.15, 0.2) is 0 Å². The number of rotatable bonds is 2. The van der Waals surface area contributed by atoms with Crippen molar-refractivity contribution < 1.29 is 19.5 Å². The lowest BCUT2D eigenvalue weighted by Gasteiger charge is -2.34. The SMILES string of the molecule is CN(C)C(=O)OC1(C(=O)NO)CCCCC1. The van der Waals surface area contributed by atoms with E-state index in [9.17, 15) is 9.59 Å². The van der Waals surface area contributed by atoms with E-state index in [1.165, 1.54) is 4.90 Å². The van der Waals surface area contributed by atoms with Crippen molar-refractivity contribution in [3.8, 4) is 0 Å². The third kappa shape index (κ3) is 2.63. The van der Waals surface area contributed by atoms with Gasteiger partial charge in [0, 0.05) is 14.1 Å². The Balaban J connectivity index is 2.78. The van der Waals surface area contributed by atoms with E-state index in [2.05, 4.69) is 0 Å². The van der Waals surface area contributed by atoms with Crippen molar-refractivity contribution in [3.63, 3.8) is 0 Å². The molecular formula is C10H18N2O4. The molecule has 92 valence electrons. The van der Waals surface area contributed by atoms with Gasteiger partial charge in [-0.3, -0.25) is 10.0 Å². The van der Waals surface area contributed by atoms with Gasteiger partial charge in [-0.25, -0.2) is 10.3 Å². The van der Waals surface area contributed by atoms with Crippen LogP contribution < -0.4 is 5.48 Å². The van der Waals surface area contributed by atoms with Gasteiger partial charge in [0.25, 0.3) is 5.91 Å². The van der Waals surface area contributed by atoms with Crippen molar-refractivity contribution in [2.45, 2.75) is 37.7 Å². The summed E-state index contributed by atoms with van der Waals surface area (Å²) >= 11 is 0. The van der Waals surface area contributed by atoms with E-state index in [0.717, 1.165) is 19.3 Å². The summed E-state index contributed by atoms with van der Waals surface area (Å²) in [6.45, 7) is 0. The molecule has 0 aromatic carbocycles. The predicted molar refractivity (Wildman–Crippen MR) is 55.9 cm³/mol. The van der Waals surface area contributed by atoms with E-state index in [-0.39, 0.29) is 0 Å². The molecule has 1 rings (SSSR count). The summed E-state index contributed by atoms with van der Waals surface area (Å²) in [5.74, 6) is -0.637. The Kier molecular flexibility index (Phi) is 4.12. The highest BCUT2D eigenvalue weighted by Crippen LogP contribution is 2.32. The molecule has 0 spiro atoms. The molecule has 1 aliphatic rings. The number of nitrogens with one attached hydrogen (secondary N) is 1. The van der Waals surface area contributed by atoms with Gasteiger partial charge in [0.15, 0.2) is 5.60 Å². The summed E-state index contributed by atoms with van der Waals surface area (Å²) < 4.78 is 5.21. The van der Waals surface area contributed by atoms with Gasteiger partial charge < -0.3 is 9.64 Å². The van der Waals surface area contributed by atoms with Crippen LogP contribution >= 0.6 is 0 Å². The highest BCUT2D eigenvalue weighted by Gasteiger charge is 2.43. The normalized spacial score (nSPS) is 18.7. The number of hydroxylamine groups is 1. The van der Waals surface area contributed by atoms with Gasteiger partial charge in [0.2, 0.25) is 0 Å². The third-order valence-corrected chi connectivity index (χ3v) is 2.82. The summed E-state index contributed by atoms with van der Waals surface area (Å²) in [6.07, 6.45) is 2.99. The molecule has 0 radical (unpaired) electrons. The Bertz CT molecular complexity index is 272. The Morgan fingerprint density at radius 3 is 2.25 bits per heavy atom. The Hall–Kier alpha value is -1.30. The van der Waals surface area contributed by atoms with Gasteiger partial charge in [-0.15, -0.1) is 0 Å². The molecule has 0 saturated heterocycles. The number of ether oxygens (including phenoxy) is 1. The monoisotopic (exact) mass is 230 g/mol. The first-order valence-electron chi connectivity index (χ1n) is 5.37. The lowest BCUT2D eigenvalue weighted by Crippen LogP contribution is -2.51. The summed E-state index contributed by atoms with van der Waals surface area (Å²) in [5.41, 5.74) is 0.385. The van der Waals surface area contributed by atoms with Crippen LogP contribution in [-0.2, 0) is 9.53 Å². The molecule has 0 bridgehead atoms. The Morgan fingerprint density at radius 1 is 1.25 bits per heavy atom. The lowest BCUT2D eigenvalue weighted by atomic mass is 9.84. The second-order valence-corrected chi connectivity index (χ2v) is 4.26. The van der Waals surface area contributed by atoms with Crippen LogP contribution in [0.4, 0.5) is 4.79 Å². The molecule has 1 aliphatic carbocycles. The van der Waals surface area contributed by atoms with Crippen LogP contribution in [-0.4, -0.2) is 41.8 Å². The van der Waals surface area contributed by atoms with Crippen molar-refractivity contribution in [1.29, 1.82) is 0 Å². The van der Waals surface area contributed by atoms with Gasteiger partial charge in [0.1, 0.15) is 0 Å². The average molecular weight is 230 g/mol. The standard InChI is InChI=1S/C10H18N2O4/c1-12(2)9(14)16-10(8(13)11-15)6-4-3-5-7-10/h15H,3-7H2,1-2H3,(H,11,13). The van der Waals surface area contributed by atoms with E-state index in [4.69, 9.17) is 9.94 Å². The molecule has 2 amide bonds. The molecule has 0 atom stereocenters. The zero-order chi connectivity index (χ0) is 12.2. The molecule has 0 heterocycles. The highest BCUT2D eigenvalue weighted by atomic mass is 16.6.